The second kappa shape index (κ2) is 15.0. The molecule has 2 aliphatic heterocycles. The van der Waals surface area contributed by atoms with Crippen molar-refractivity contribution in [1.82, 2.24) is 15.2 Å². The van der Waals surface area contributed by atoms with Crippen LogP contribution in [0.15, 0.2) is 71.9 Å². The molecular formula is C34H44N4O3S. The largest absolute Gasteiger partial charge is 0.493 e. The number of nitrogens with one attached hydrogen (secondary N) is 1. The third-order valence-electron chi connectivity index (χ3n) is 7.58. The van der Waals surface area contributed by atoms with Crippen LogP contribution in [-0.4, -0.2) is 53.4 Å². The van der Waals surface area contributed by atoms with E-state index in [1.165, 1.54) is 22.3 Å². The van der Waals surface area contributed by atoms with Crippen molar-refractivity contribution in [2.24, 2.45) is 4.99 Å². The Morgan fingerprint density at radius 1 is 1.14 bits per heavy atom. The first-order valence-electron chi connectivity index (χ1n) is 14.7. The van der Waals surface area contributed by atoms with Crippen LogP contribution in [0, 0.1) is 0 Å². The molecule has 8 heteroatoms. The van der Waals surface area contributed by atoms with Gasteiger partial charge in [-0.25, -0.2) is 0 Å². The molecule has 6 rings (SSSR count). The van der Waals surface area contributed by atoms with Crippen LogP contribution in [0.4, 0.5) is 0 Å². The number of benzene rings is 2. The Labute approximate surface area is 255 Å². The predicted molar refractivity (Wildman–Crippen MR) is 177 cm³/mol. The van der Waals surface area contributed by atoms with E-state index in [2.05, 4.69) is 69.8 Å². The molecule has 0 amide bonds. The van der Waals surface area contributed by atoms with E-state index in [0.717, 1.165) is 73.1 Å². The number of fused-ring (bicyclic) bond motifs is 2. The van der Waals surface area contributed by atoms with Gasteiger partial charge in [-0.15, -0.1) is 0 Å². The highest BCUT2D eigenvalue weighted by molar-refractivity contribution is 8.15. The Balaban J connectivity index is 0.000000973. The Morgan fingerprint density at radius 2 is 2.00 bits per heavy atom. The Hall–Kier alpha value is -3.62. The smallest absolute Gasteiger partial charge is 0.162 e. The molecule has 1 unspecified atom stereocenters. The number of allylic oxidation sites excluding steroid dienone is 3. The van der Waals surface area contributed by atoms with E-state index in [9.17, 15) is 0 Å². The average Bonchev–Trinajstić information content (AvgIpc) is 3.43. The number of thioether (sulfide) groups is 1. The molecule has 7 nitrogen and oxygen atoms in total. The topological polar surface area (TPSA) is 76.0 Å². The zero-order valence-electron chi connectivity index (χ0n) is 25.2. The molecule has 42 heavy (non-hydrogen) atoms. The van der Waals surface area contributed by atoms with E-state index in [1.807, 2.05) is 51.6 Å². The third kappa shape index (κ3) is 7.05. The molecule has 0 saturated heterocycles. The number of aromatic nitrogens is 1. The fourth-order valence-electron chi connectivity index (χ4n) is 5.63. The normalized spacial score (nSPS) is 18.8. The summed E-state index contributed by atoms with van der Waals surface area (Å²) >= 11 is 1.87. The number of carbonyl (C=O) groups excluding carboxylic acids is 1. The summed E-state index contributed by atoms with van der Waals surface area (Å²) in [5.74, 6) is 1.49. The van der Waals surface area contributed by atoms with E-state index in [4.69, 9.17) is 19.3 Å². The maximum Gasteiger partial charge on any atom is 0.162 e. The minimum absolute atomic E-state index is 0. The molecule has 0 bridgehead atoms. The lowest BCUT2D eigenvalue weighted by molar-refractivity contribution is -0.0980. The van der Waals surface area contributed by atoms with Crippen molar-refractivity contribution in [2.45, 2.75) is 58.0 Å². The van der Waals surface area contributed by atoms with Gasteiger partial charge in [-0.3, -0.25) is 14.9 Å². The lowest BCUT2D eigenvalue weighted by Crippen LogP contribution is -2.31. The molecule has 3 aromatic rings. The summed E-state index contributed by atoms with van der Waals surface area (Å²) in [6, 6.07) is 12.9. The first kappa shape index (κ1) is 31.3. The van der Waals surface area contributed by atoms with Gasteiger partial charge in [-0.2, -0.15) is 0 Å². The fraction of sp³-hybridized carbons (Fsp3) is 0.382. The summed E-state index contributed by atoms with van der Waals surface area (Å²) in [7, 11) is 1.67. The van der Waals surface area contributed by atoms with Crippen molar-refractivity contribution in [3.8, 4) is 11.5 Å². The molecule has 3 aliphatic rings. The first-order chi connectivity index (χ1) is 20.7. The lowest BCUT2D eigenvalue weighted by Gasteiger charge is -2.30. The van der Waals surface area contributed by atoms with Crippen LogP contribution in [0.25, 0.3) is 10.9 Å². The molecular weight excluding hydrogens is 544 g/mol. The van der Waals surface area contributed by atoms with Crippen LogP contribution in [0.3, 0.4) is 0 Å². The van der Waals surface area contributed by atoms with Crippen LogP contribution in [0.5, 0.6) is 11.5 Å². The van der Waals surface area contributed by atoms with Gasteiger partial charge in [0.05, 0.1) is 30.5 Å². The van der Waals surface area contributed by atoms with E-state index >= 15 is 0 Å². The maximum atomic E-state index is 8.00. The number of carbonyl (C=O) groups is 1. The number of methoxy groups -OCH3 is 1. The summed E-state index contributed by atoms with van der Waals surface area (Å²) < 4.78 is 11.5. The maximum absolute atomic E-state index is 8.00. The number of ether oxygens (including phenoxy) is 2. The van der Waals surface area contributed by atoms with Gasteiger partial charge in [0, 0.05) is 45.3 Å². The average molecular weight is 589 g/mol. The summed E-state index contributed by atoms with van der Waals surface area (Å²) in [6.07, 6.45) is 12.8. The Bertz CT molecular complexity index is 1460. The quantitative estimate of drug-likeness (QED) is 0.328. The standard InChI is InChI=1S/C31H34N4O2S.C2H6.CH2O.H2/c1-3-37-29-16-26-24(10-14-32-27(26)17-28(29)36-2)20-35-15-11-25-22(8-7-9-23(25)19-35)18-33-30-34-21-31(38-30)12-5-4-6-13-31;2*1-2;/h4-10,12,14,16-17H,3,11,13,15,18-21H2,1-2H3,(H,33,34);1-2H3;1H2;1H. The molecule has 1 atom stereocenters. The van der Waals surface area contributed by atoms with Crippen molar-refractivity contribution in [3.63, 3.8) is 0 Å². The van der Waals surface area contributed by atoms with Gasteiger partial charge in [-0.1, -0.05) is 68.1 Å². The van der Waals surface area contributed by atoms with Gasteiger partial charge in [0.15, 0.2) is 16.7 Å². The summed E-state index contributed by atoms with van der Waals surface area (Å²) in [4.78, 5) is 19.9. The van der Waals surface area contributed by atoms with Crippen LogP contribution in [-0.2, 0) is 30.8 Å². The molecule has 1 spiro atoms. The Kier molecular flexibility index (Phi) is 11.2. The van der Waals surface area contributed by atoms with E-state index in [-0.39, 0.29) is 6.17 Å². The van der Waals surface area contributed by atoms with Crippen LogP contribution >= 0.6 is 11.8 Å². The molecule has 0 radical (unpaired) electrons. The second-order valence-electron chi connectivity index (χ2n) is 10.1. The fourth-order valence-corrected chi connectivity index (χ4v) is 6.74. The molecule has 0 fully saturated rings. The van der Waals surface area contributed by atoms with Gasteiger partial charge in [0.2, 0.25) is 0 Å². The number of pyridine rings is 1. The zero-order valence-corrected chi connectivity index (χ0v) is 26.0. The SMILES string of the molecule is C=O.CC.CCOc1cc2c(CN3CCc4c(CNC5=NCC6(C=CC=CC6)S5)cccc4C3)ccnc2cc1OC.[HH]. The number of nitrogens with zero attached hydrogens (tertiary/aromatic N) is 3. The molecule has 1 N–H and O–H groups in total. The van der Waals surface area contributed by atoms with E-state index in [0.29, 0.717) is 6.61 Å². The van der Waals surface area contributed by atoms with Gasteiger partial charge in [0.25, 0.3) is 0 Å². The number of hydrogen-bond donors (Lipinski definition) is 1. The highest BCUT2D eigenvalue weighted by Gasteiger charge is 2.34. The Morgan fingerprint density at radius 3 is 2.76 bits per heavy atom. The lowest BCUT2D eigenvalue weighted by atomic mass is 9.94. The van der Waals surface area contributed by atoms with Crippen molar-refractivity contribution >= 4 is 34.6 Å². The predicted octanol–water partition coefficient (Wildman–Crippen LogP) is 6.74. The highest BCUT2D eigenvalue weighted by atomic mass is 32.2. The summed E-state index contributed by atoms with van der Waals surface area (Å²) in [5.41, 5.74) is 6.48. The van der Waals surface area contributed by atoms with Crippen molar-refractivity contribution in [2.75, 3.05) is 26.8 Å². The monoisotopic (exact) mass is 588 g/mol. The van der Waals surface area contributed by atoms with Gasteiger partial charge in [0.1, 0.15) is 6.79 Å². The van der Waals surface area contributed by atoms with Crippen LogP contribution < -0.4 is 14.8 Å². The number of aliphatic imine (C=N–C) groups is 1. The molecule has 1 aliphatic carbocycles. The highest BCUT2D eigenvalue weighted by Crippen LogP contribution is 2.39. The molecule has 0 saturated carbocycles. The molecule has 2 aromatic carbocycles. The van der Waals surface area contributed by atoms with Gasteiger partial charge < -0.3 is 19.6 Å². The van der Waals surface area contributed by atoms with Crippen LogP contribution in [0.1, 0.15) is 50.9 Å². The first-order valence-corrected chi connectivity index (χ1v) is 15.5. The van der Waals surface area contributed by atoms with E-state index < -0.39 is 0 Å². The van der Waals surface area contributed by atoms with Crippen molar-refractivity contribution in [3.05, 3.63) is 89.2 Å². The minimum Gasteiger partial charge on any atom is -0.493 e. The number of rotatable bonds is 7. The number of hydrogen-bond acceptors (Lipinski definition) is 8. The van der Waals surface area contributed by atoms with Gasteiger partial charge in [-0.05, 0) is 54.2 Å². The zero-order chi connectivity index (χ0) is 30.0. The second-order valence-corrected chi connectivity index (χ2v) is 11.5. The summed E-state index contributed by atoms with van der Waals surface area (Å²) in [6.45, 7) is 13.1. The number of amidine groups is 1. The van der Waals surface area contributed by atoms with E-state index in [1.54, 1.807) is 7.11 Å². The van der Waals surface area contributed by atoms with Gasteiger partial charge >= 0.3 is 0 Å². The van der Waals surface area contributed by atoms with Crippen molar-refractivity contribution in [1.29, 1.82) is 0 Å². The molecule has 1 aromatic heterocycles. The van der Waals surface area contributed by atoms with Crippen molar-refractivity contribution < 1.29 is 15.7 Å². The summed E-state index contributed by atoms with van der Waals surface area (Å²) in [5, 5.41) is 5.81. The molecule has 3 heterocycles. The third-order valence-corrected chi connectivity index (χ3v) is 8.89. The molecule has 224 valence electrons. The van der Waals surface area contributed by atoms with Crippen LogP contribution in [0.2, 0.25) is 0 Å². The minimum atomic E-state index is 0.